The Morgan fingerprint density at radius 2 is 2.13 bits per heavy atom. The first-order chi connectivity index (χ1) is 11.2. The highest BCUT2D eigenvalue weighted by Crippen LogP contribution is 2.28. The molecule has 0 unspecified atom stereocenters. The molecule has 118 valence electrons. The third kappa shape index (κ3) is 3.51. The highest BCUT2D eigenvalue weighted by molar-refractivity contribution is 6.30. The van der Waals surface area contributed by atoms with Crippen LogP contribution in [0.2, 0.25) is 5.02 Å². The summed E-state index contributed by atoms with van der Waals surface area (Å²) in [6, 6.07) is 9.48. The number of halogens is 1. The van der Waals surface area contributed by atoms with Crippen LogP contribution in [0.25, 0.3) is 11.3 Å². The summed E-state index contributed by atoms with van der Waals surface area (Å²) < 4.78 is 7.49. The van der Waals surface area contributed by atoms with Crippen LogP contribution in [0.15, 0.2) is 42.7 Å². The Labute approximate surface area is 139 Å². The van der Waals surface area contributed by atoms with Gasteiger partial charge in [-0.25, -0.2) is 9.97 Å². The molecule has 2 heterocycles. The monoisotopic (exact) mass is 328 g/mol. The van der Waals surface area contributed by atoms with Gasteiger partial charge in [-0.2, -0.15) is 5.10 Å². The van der Waals surface area contributed by atoms with E-state index < -0.39 is 0 Å². The van der Waals surface area contributed by atoms with Crippen molar-refractivity contribution < 1.29 is 4.74 Å². The van der Waals surface area contributed by atoms with Crippen molar-refractivity contribution in [2.45, 2.75) is 20.4 Å². The molecule has 0 fully saturated rings. The number of benzene rings is 1. The standard InChI is InChI=1S/C17H17ClN4O/c1-3-23-17-16(13-5-4-6-14(18)9-13)21-15(10-19-17)11-22-12(2)7-8-20-22/h4-10H,3,11H2,1-2H3. The maximum atomic E-state index is 6.10. The van der Waals surface area contributed by atoms with Crippen molar-refractivity contribution in [2.75, 3.05) is 6.61 Å². The fourth-order valence-electron chi connectivity index (χ4n) is 2.27. The molecular formula is C17H17ClN4O. The van der Waals surface area contributed by atoms with Gasteiger partial charge < -0.3 is 4.74 Å². The minimum absolute atomic E-state index is 0.510. The number of ether oxygens (including phenoxy) is 1. The van der Waals surface area contributed by atoms with E-state index in [9.17, 15) is 0 Å². The van der Waals surface area contributed by atoms with Gasteiger partial charge in [0, 0.05) is 22.5 Å². The fourth-order valence-corrected chi connectivity index (χ4v) is 2.46. The number of hydrogen-bond donors (Lipinski definition) is 0. The van der Waals surface area contributed by atoms with E-state index in [-0.39, 0.29) is 0 Å². The molecule has 0 bridgehead atoms. The average Bonchev–Trinajstić information content (AvgIpc) is 2.94. The number of rotatable bonds is 5. The van der Waals surface area contributed by atoms with E-state index in [4.69, 9.17) is 21.3 Å². The Balaban J connectivity index is 2.01. The Hall–Kier alpha value is -2.40. The van der Waals surface area contributed by atoms with Crippen LogP contribution in [0.4, 0.5) is 0 Å². The van der Waals surface area contributed by atoms with E-state index in [2.05, 4.69) is 10.1 Å². The number of aromatic nitrogens is 4. The summed E-state index contributed by atoms with van der Waals surface area (Å²) in [5.41, 5.74) is 3.46. The first kappa shape index (κ1) is 15.5. The molecule has 0 aliphatic carbocycles. The Morgan fingerprint density at radius 3 is 2.83 bits per heavy atom. The Morgan fingerprint density at radius 1 is 1.26 bits per heavy atom. The first-order valence-corrected chi connectivity index (χ1v) is 7.78. The molecular weight excluding hydrogens is 312 g/mol. The van der Waals surface area contributed by atoms with E-state index in [1.165, 1.54) is 0 Å². The molecule has 2 aromatic heterocycles. The van der Waals surface area contributed by atoms with Crippen molar-refractivity contribution in [2.24, 2.45) is 0 Å². The molecule has 0 amide bonds. The third-order valence-electron chi connectivity index (χ3n) is 3.41. The number of nitrogens with zero attached hydrogens (tertiary/aromatic N) is 4. The van der Waals surface area contributed by atoms with Gasteiger partial charge in [-0.15, -0.1) is 0 Å². The highest BCUT2D eigenvalue weighted by Gasteiger charge is 2.12. The molecule has 5 nitrogen and oxygen atoms in total. The van der Waals surface area contributed by atoms with Gasteiger partial charge in [0.1, 0.15) is 5.69 Å². The molecule has 0 N–H and O–H groups in total. The average molecular weight is 329 g/mol. The third-order valence-corrected chi connectivity index (χ3v) is 3.64. The lowest BCUT2D eigenvalue weighted by Gasteiger charge is -2.11. The van der Waals surface area contributed by atoms with Crippen molar-refractivity contribution in [3.05, 3.63) is 59.1 Å². The van der Waals surface area contributed by atoms with E-state index in [0.29, 0.717) is 29.7 Å². The lowest BCUT2D eigenvalue weighted by Crippen LogP contribution is -2.08. The highest BCUT2D eigenvalue weighted by atomic mass is 35.5. The molecule has 0 atom stereocenters. The topological polar surface area (TPSA) is 52.8 Å². The summed E-state index contributed by atoms with van der Waals surface area (Å²) in [7, 11) is 0. The first-order valence-electron chi connectivity index (χ1n) is 7.40. The van der Waals surface area contributed by atoms with E-state index in [1.54, 1.807) is 12.4 Å². The zero-order valence-electron chi connectivity index (χ0n) is 13.0. The van der Waals surface area contributed by atoms with Crippen molar-refractivity contribution in [1.82, 2.24) is 19.7 Å². The fraction of sp³-hybridized carbons (Fsp3) is 0.235. The molecule has 23 heavy (non-hydrogen) atoms. The Bertz CT molecular complexity index is 816. The van der Waals surface area contributed by atoms with Gasteiger partial charge in [0.05, 0.1) is 25.0 Å². The second-order valence-electron chi connectivity index (χ2n) is 5.09. The second-order valence-corrected chi connectivity index (χ2v) is 5.53. The molecule has 0 saturated heterocycles. The number of aryl methyl sites for hydroxylation is 1. The lowest BCUT2D eigenvalue weighted by atomic mass is 10.1. The minimum Gasteiger partial charge on any atom is -0.476 e. The van der Waals surface area contributed by atoms with E-state index in [1.807, 2.05) is 48.9 Å². The van der Waals surface area contributed by atoms with Crippen LogP contribution < -0.4 is 4.74 Å². The van der Waals surface area contributed by atoms with Gasteiger partial charge in [-0.05, 0) is 32.0 Å². The van der Waals surface area contributed by atoms with Crippen molar-refractivity contribution in [1.29, 1.82) is 0 Å². The van der Waals surface area contributed by atoms with Crippen LogP contribution in [0.1, 0.15) is 18.3 Å². The molecule has 3 aromatic rings. The van der Waals surface area contributed by atoms with Crippen molar-refractivity contribution >= 4 is 11.6 Å². The van der Waals surface area contributed by atoms with E-state index >= 15 is 0 Å². The molecule has 0 spiro atoms. The maximum Gasteiger partial charge on any atom is 0.240 e. The van der Waals surface area contributed by atoms with Crippen LogP contribution in [0.5, 0.6) is 5.88 Å². The van der Waals surface area contributed by atoms with Gasteiger partial charge in [-0.1, -0.05) is 23.7 Å². The zero-order chi connectivity index (χ0) is 16.2. The molecule has 0 aliphatic rings. The predicted molar refractivity (Wildman–Crippen MR) is 89.7 cm³/mol. The summed E-state index contributed by atoms with van der Waals surface area (Å²) >= 11 is 6.10. The van der Waals surface area contributed by atoms with Crippen molar-refractivity contribution in [3.63, 3.8) is 0 Å². The van der Waals surface area contributed by atoms with Gasteiger partial charge in [0.25, 0.3) is 0 Å². The molecule has 0 aliphatic heterocycles. The van der Waals surface area contributed by atoms with Crippen LogP contribution >= 0.6 is 11.6 Å². The molecule has 3 rings (SSSR count). The minimum atomic E-state index is 0.510. The lowest BCUT2D eigenvalue weighted by molar-refractivity contribution is 0.326. The maximum absolute atomic E-state index is 6.10. The second kappa shape index (κ2) is 6.79. The van der Waals surface area contributed by atoms with E-state index in [0.717, 1.165) is 17.0 Å². The molecule has 1 aromatic carbocycles. The summed E-state index contributed by atoms with van der Waals surface area (Å²) in [4.78, 5) is 9.13. The Kier molecular flexibility index (Phi) is 4.57. The number of hydrogen-bond acceptors (Lipinski definition) is 4. The predicted octanol–water partition coefficient (Wildman–Crippen LogP) is 3.75. The summed E-state index contributed by atoms with van der Waals surface area (Å²) in [5.74, 6) is 0.510. The van der Waals surface area contributed by atoms with Crippen LogP contribution in [-0.2, 0) is 6.54 Å². The van der Waals surface area contributed by atoms with Gasteiger partial charge in [0.15, 0.2) is 0 Å². The van der Waals surface area contributed by atoms with Crippen molar-refractivity contribution in [3.8, 4) is 17.1 Å². The molecule has 6 heteroatoms. The van der Waals surface area contributed by atoms with Gasteiger partial charge in [-0.3, -0.25) is 4.68 Å². The SMILES string of the molecule is CCOc1ncc(Cn2nccc2C)nc1-c1cccc(Cl)c1. The zero-order valence-corrected chi connectivity index (χ0v) is 13.8. The smallest absolute Gasteiger partial charge is 0.240 e. The normalized spacial score (nSPS) is 10.7. The molecule has 0 radical (unpaired) electrons. The van der Waals surface area contributed by atoms with Gasteiger partial charge in [0.2, 0.25) is 5.88 Å². The molecule has 0 saturated carbocycles. The largest absolute Gasteiger partial charge is 0.476 e. The summed E-state index contributed by atoms with van der Waals surface area (Å²) in [6.07, 6.45) is 3.50. The van der Waals surface area contributed by atoms with Gasteiger partial charge >= 0.3 is 0 Å². The van der Waals surface area contributed by atoms with Crippen LogP contribution in [-0.4, -0.2) is 26.4 Å². The summed E-state index contributed by atoms with van der Waals surface area (Å²) in [6.45, 7) is 5.02. The van der Waals surface area contributed by atoms with Crippen LogP contribution in [0, 0.1) is 6.92 Å². The quantitative estimate of drug-likeness (QED) is 0.715. The summed E-state index contributed by atoms with van der Waals surface area (Å²) in [5, 5.41) is 4.94. The van der Waals surface area contributed by atoms with Crippen LogP contribution in [0.3, 0.4) is 0 Å².